The van der Waals surface area contributed by atoms with Crippen LogP contribution in [0.15, 0.2) is 64.3 Å². The molecule has 7 saturated carbocycles. The number of amides is 2. The van der Waals surface area contributed by atoms with Crippen molar-refractivity contribution in [2.24, 2.45) is 90.7 Å². The number of carbonyl (C=O) groups excluding carboxylic acids is 5. The molecule has 2 amide bonds. The zero-order chi connectivity index (χ0) is 74.6. The number of benzene rings is 1. The first-order valence-electron chi connectivity index (χ1n) is 36.1. The van der Waals surface area contributed by atoms with Gasteiger partial charge in [-0.15, -0.1) is 3.71 Å². The molecule has 101 heavy (non-hydrogen) atoms. The molecule has 0 bridgehead atoms. The molecule has 0 spiro atoms. The molecule has 14 nitrogen and oxygen atoms in total. The molecule has 23 heteroatoms. The molecule has 0 heterocycles. The molecule has 0 aromatic heterocycles. The van der Waals surface area contributed by atoms with Gasteiger partial charge >= 0.3 is 94.6 Å². The predicted molar refractivity (Wildman–Crippen MR) is 378 cm³/mol. The van der Waals surface area contributed by atoms with E-state index in [1.54, 1.807) is 5.57 Å². The van der Waals surface area contributed by atoms with E-state index in [1.807, 2.05) is 41.5 Å². The van der Waals surface area contributed by atoms with E-state index in [-0.39, 0.29) is 132 Å². The zero-order valence-electron chi connectivity index (χ0n) is 64.6. The molecule has 0 saturated heterocycles. The van der Waals surface area contributed by atoms with Gasteiger partial charge in [0.25, 0.3) is 0 Å². The summed E-state index contributed by atoms with van der Waals surface area (Å²) in [5.41, 5.74) is -9.23. The fraction of sp³-hybridized carbons (Fsp3) is 0.769. The van der Waals surface area contributed by atoms with Gasteiger partial charge in [0.05, 0.1) is 16.8 Å². The van der Waals surface area contributed by atoms with E-state index in [0.29, 0.717) is 72.2 Å². The minimum atomic E-state index is -6.81. The van der Waals surface area contributed by atoms with Crippen molar-refractivity contribution in [1.29, 1.82) is 0 Å². The van der Waals surface area contributed by atoms with Gasteiger partial charge in [0, 0.05) is 24.7 Å². The number of alkyl halides is 6. The van der Waals surface area contributed by atoms with Crippen molar-refractivity contribution < 1.29 is 128 Å². The largest absolute Gasteiger partial charge is 1.00 e. The van der Waals surface area contributed by atoms with Gasteiger partial charge in [0.2, 0.25) is 0 Å². The number of nitrogens with one attached hydrogen (secondary N) is 2. The predicted octanol–water partition coefficient (Wildman–Crippen LogP) is 16.3. The van der Waals surface area contributed by atoms with E-state index in [4.69, 9.17) is 9.47 Å². The number of halogens is 6. The summed E-state index contributed by atoms with van der Waals surface area (Å²) in [7, 11) is -13.6. The average Bonchev–Trinajstić information content (AvgIpc) is 1.66. The number of hydrogen-bond donors (Lipinski definition) is 2. The summed E-state index contributed by atoms with van der Waals surface area (Å²) in [6.07, 6.45) is 18.3. The summed E-state index contributed by atoms with van der Waals surface area (Å²) in [6.45, 7) is 47.0. The number of nitrogens with zero attached hydrogens (tertiary/aromatic N) is 1. The summed E-state index contributed by atoms with van der Waals surface area (Å²) >= 11 is 0. The third kappa shape index (κ3) is 13.9. The molecule has 11 rings (SSSR count). The van der Waals surface area contributed by atoms with E-state index in [2.05, 4.69) is 121 Å². The Morgan fingerprint density at radius 2 is 0.901 bits per heavy atom. The zero-order valence-corrected chi connectivity index (χ0v) is 69.4. The quantitative estimate of drug-likeness (QED) is 0.114. The van der Waals surface area contributed by atoms with Crippen LogP contribution in [0.2, 0.25) is 0 Å². The third-order valence-corrected chi connectivity index (χ3v) is 31.7. The number of carbonyl (C=O) groups is 5. The Labute approximate surface area is 642 Å². The van der Waals surface area contributed by atoms with Crippen LogP contribution in [-0.2, 0) is 43.9 Å². The molecule has 7 fully saturated rings. The van der Waals surface area contributed by atoms with Gasteiger partial charge in [-0.1, -0.05) is 127 Å². The first-order valence-corrected chi connectivity index (χ1v) is 39.0. The van der Waals surface area contributed by atoms with E-state index in [1.165, 1.54) is 36.8 Å². The number of Topliss-reactive ketones (excluding diaryl/α,β-unsaturated/α-hetero) is 3. The molecule has 1 aromatic carbocycles. The van der Waals surface area contributed by atoms with E-state index >= 15 is 0 Å². The average molecular weight is 1490 g/mol. The van der Waals surface area contributed by atoms with Gasteiger partial charge in [0.15, 0.2) is 11.6 Å². The van der Waals surface area contributed by atoms with Crippen molar-refractivity contribution in [3.63, 3.8) is 0 Å². The Morgan fingerprint density at radius 3 is 1.27 bits per heavy atom. The molecule has 2 N–H and O–H groups in total. The fourth-order valence-electron chi connectivity index (χ4n) is 23.2. The topological polar surface area (TPSA) is 199 Å². The summed E-state index contributed by atoms with van der Waals surface area (Å²) in [5, 5.41) is 6.61. The Bertz CT molecular complexity index is 3710. The second kappa shape index (κ2) is 27.5. The fourth-order valence-corrected chi connectivity index (χ4v) is 25.9. The second-order valence-electron chi connectivity index (χ2n) is 36.7. The van der Waals surface area contributed by atoms with E-state index in [9.17, 15) is 67.2 Å². The van der Waals surface area contributed by atoms with Crippen LogP contribution in [0, 0.1) is 98.1 Å². The second-order valence-corrected chi connectivity index (χ2v) is 40.5. The molecular formula is C78H116F6KN3O11S2. The van der Waals surface area contributed by atoms with Gasteiger partial charge in [-0.2, -0.15) is 43.2 Å². The molecule has 0 radical (unpaired) electrons. The van der Waals surface area contributed by atoms with Crippen LogP contribution in [0.3, 0.4) is 0 Å². The Morgan fingerprint density at radius 1 is 0.525 bits per heavy atom. The summed E-state index contributed by atoms with van der Waals surface area (Å²) in [5.74, 6) is 4.12. The van der Waals surface area contributed by atoms with Crippen molar-refractivity contribution in [2.45, 2.75) is 288 Å². The van der Waals surface area contributed by atoms with Crippen LogP contribution >= 0.6 is 0 Å². The number of para-hydroxylation sites is 1. The van der Waals surface area contributed by atoms with E-state index in [0.717, 1.165) is 93.6 Å². The van der Waals surface area contributed by atoms with Crippen molar-refractivity contribution in [2.75, 3.05) is 3.71 Å². The molecule has 1 aromatic rings. The van der Waals surface area contributed by atoms with Crippen LogP contribution in [0.5, 0.6) is 0 Å². The van der Waals surface area contributed by atoms with Crippen LogP contribution in [0.25, 0.3) is 0 Å². The molecule has 10 aliphatic rings. The molecule has 14 atom stereocenters. The van der Waals surface area contributed by atoms with Gasteiger partial charge < -0.3 is 27.5 Å². The van der Waals surface area contributed by atoms with Crippen LogP contribution in [0.1, 0.15) is 255 Å². The van der Waals surface area contributed by atoms with Crippen molar-refractivity contribution in [3.8, 4) is 0 Å². The summed E-state index contributed by atoms with van der Waals surface area (Å²) in [4.78, 5) is 66.7. The molecule has 10 aliphatic carbocycles. The normalized spacial score (nSPS) is 36.4. The number of hydrogen-bond acceptors (Lipinski definition) is 11. The van der Waals surface area contributed by atoms with Gasteiger partial charge in [0.1, 0.15) is 17.0 Å². The maximum Gasteiger partial charge on any atom is 1.00 e. The monoisotopic (exact) mass is 1490 g/mol. The minimum absolute atomic E-state index is 0. The smallest absolute Gasteiger partial charge is 0.444 e. The maximum atomic E-state index is 13.7. The van der Waals surface area contributed by atoms with Crippen molar-refractivity contribution in [1.82, 2.24) is 10.6 Å². The summed E-state index contributed by atoms with van der Waals surface area (Å²) < 4.78 is 129. The van der Waals surface area contributed by atoms with Gasteiger partial charge in [-0.3, -0.25) is 14.4 Å². The minimum Gasteiger partial charge on any atom is -0.444 e. The number of anilines is 1. The Kier molecular flexibility index (Phi) is 23.2. The first kappa shape index (κ1) is 85.2. The number of alkyl carbamates (subject to hydrolysis) is 2. The van der Waals surface area contributed by atoms with Crippen LogP contribution in [-0.4, -0.2) is 79.7 Å². The van der Waals surface area contributed by atoms with E-state index < -0.39 is 68.8 Å². The third-order valence-electron chi connectivity index (χ3n) is 28.1. The van der Waals surface area contributed by atoms with Crippen molar-refractivity contribution in [3.05, 3.63) is 71.7 Å². The number of rotatable bonds is 7. The maximum absolute atomic E-state index is 13.7. The SMILES string of the molecule is CC(C)C1=C2[C@H]3CC[C@@H]4[C@@]5(C)CCC(=O)C(C)(C)[C@@H]5CC[C@@]4(C)[C@]3(C)CC[C@@]2(NC(=O)OC(C)(C)C)CC1=O.CC1=CC[C@]2(C)[C@H]3CC[C@@H]4C5=C(C(C)C)C(=O)C[C@]5(NC(=O)OC(C)(C)C)CC[C@@]4(C)[C@]3(C)CC[C@H]2C1(C)C.O=S(=O)(N(c1ccccc1)S(=O)(=O)C(F)(F)F)C(F)(F)F.[CH3-].[K+]. The summed E-state index contributed by atoms with van der Waals surface area (Å²) in [6, 6.07) is 3.85. The van der Waals surface area contributed by atoms with Crippen LogP contribution < -0.4 is 65.7 Å². The number of ketones is 3. The number of sulfonamides is 2. The number of allylic oxidation sites excluding steroid dienone is 4. The Balaban J connectivity index is 0.000000221. The molecule has 0 unspecified atom stereocenters. The molecule has 564 valence electrons. The van der Waals surface area contributed by atoms with Gasteiger partial charge in [-0.05, 0) is 258 Å². The Hall–Kier alpha value is -3.09. The van der Waals surface area contributed by atoms with Crippen molar-refractivity contribution >= 4 is 55.3 Å². The van der Waals surface area contributed by atoms with Crippen LogP contribution in [0.4, 0.5) is 41.6 Å². The standard InChI is InChI=1S/C35H55NO3.C34H53NO4.C8H5F6NO4S2.CH3.K/c1-21(2)27-24(37)20-35(36-29(38)39-30(4,5)6)19-18-33(10)23(28(27)35)12-13-26-32(9)16-14-22(3)31(7,8)25(32)15-17-34(26,33)11;1-20(2)26-22(36)19-34(35-28(38)39-29(3,4)5)18-17-32(9)21(27(26)34)11-12-24-31(8)15-14-25(37)30(6,7)23(31)13-16-33(24,32)10;9-7(10,11)20(16,17)15(6-4-2-1-3-5-6)21(18,19)8(12,13)14;;/h14,21,23,25-26H,12-13,15-20H2,1-11H3,(H,36,38);20-21,23-24H,11-19H2,1-10H3,(H,35,38);1-5H;1H3;/q;;;-1;+1/t23-,25+,26-,32+,33-,34-,35-;21-,23+,24-,31+,32-,33-,34-;;;/m11.../s1. The molecular weight excluding hydrogens is 1370 g/mol. The van der Waals surface area contributed by atoms with Gasteiger partial charge in [-0.25, -0.2) is 9.59 Å². The number of fused-ring (bicyclic) bond motifs is 14. The first-order chi connectivity index (χ1) is 44.9. The molecule has 0 aliphatic heterocycles. The number of ether oxygens (including phenoxy) is 2.